The Morgan fingerprint density at radius 3 is 2.23 bits per heavy atom. The van der Waals surface area contributed by atoms with Gasteiger partial charge in [-0.2, -0.15) is 5.10 Å². The molecule has 1 aliphatic rings. The third kappa shape index (κ3) is 4.17. The second kappa shape index (κ2) is 8.36. The van der Waals surface area contributed by atoms with E-state index in [9.17, 15) is 14.0 Å². The molecule has 0 spiro atoms. The summed E-state index contributed by atoms with van der Waals surface area (Å²) in [5, 5.41) is 7.19. The summed E-state index contributed by atoms with van der Waals surface area (Å²) in [6.45, 7) is 3.77. The second-order valence-electron chi connectivity index (χ2n) is 7.10. The van der Waals surface area contributed by atoms with Crippen LogP contribution in [0.3, 0.4) is 0 Å². The van der Waals surface area contributed by atoms with Crippen LogP contribution in [0, 0.1) is 5.82 Å². The quantitative estimate of drug-likeness (QED) is 0.722. The fourth-order valence-electron chi connectivity index (χ4n) is 3.50. The Morgan fingerprint density at radius 1 is 0.933 bits per heavy atom. The zero-order valence-electron chi connectivity index (χ0n) is 16.6. The van der Waals surface area contributed by atoms with Gasteiger partial charge in [0.15, 0.2) is 5.69 Å². The summed E-state index contributed by atoms with van der Waals surface area (Å²) in [5.41, 5.74) is 1.96. The van der Waals surface area contributed by atoms with E-state index in [0.717, 1.165) is 11.4 Å². The second-order valence-corrected chi connectivity index (χ2v) is 7.10. The molecule has 1 fully saturated rings. The molecule has 0 radical (unpaired) electrons. The monoisotopic (exact) mass is 407 g/mol. The van der Waals surface area contributed by atoms with Crippen molar-refractivity contribution in [2.24, 2.45) is 0 Å². The van der Waals surface area contributed by atoms with Gasteiger partial charge in [0.05, 0.1) is 5.69 Å². The molecule has 4 rings (SSSR count). The van der Waals surface area contributed by atoms with Crippen molar-refractivity contribution in [2.45, 2.75) is 6.92 Å². The molecular formula is C22H22FN5O2. The molecule has 154 valence electrons. The number of amides is 2. The molecular weight excluding hydrogens is 385 g/mol. The first-order chi connectivity index (χ1) is 14.5. The lowest BCUT2D eigenvalue weighted by Crippen LogP contribution is -2.48. The van der Waals surface area contributed by atoms with Crippen LogP contribution in [-0.2, 0) is 4.79 Å². The third-order valence-corrected chi connectivity index (χ3v) is 4.99. The summed E-state index contributed by atoms with van der Waals surface area (Å²) in [5.74, 6) is -0.243. The van der Waals surface area contributed by atoms with E-state index in [4.69, 9.17) is 0 Å². The smallest absolute Gasteiger partial charge is 0.274 e. The average molecular weight is 407 g/mol. The lowest BCUT2D eigenvalue weighted by molar-refractivity contribution is -0.114. The number of carbonyl (C=O) groups is 2. The first-order valence-electron chi connectivity index (χ1n) is 9.74. The minimum Gasteiger partial charge on any atom is -0.368 e. The molecule has 1 aromatic heterocycles. The third-order valence-electron chi connectivity index (χ3n) is 4.99. The van der Waals surface area contributed by atoms with E-state index in [0.29, 0.717) is 32.0 Å². The number of piperazine rings is 1. The van der Waals surface area contributed by atoms with Crippen molar-refractivity contribution in [2.75, 3.05) is 36.4 Å². The van der Waals surface area contributed by atoms with Gasteiger partial charge in [0.2, 0.25) is 5.91 Å². The highest BCUT2D eigenvalue weighted by Crippen LogP contribution is 2.21. The highest BCUT2D eigenvalue weighted by atomic mass is 19.1. The topological polar surface area (TPSA) is 70.5 Å². The van der Waals surface area contributed by atoms with E-state index in [1.807, 2.05) is 30.3 Å². The van der Waals surface area contributed by atoms with Crippen LogP contribution in [0.4, 0.5) is 15.9 Å². The zero-order valence-corrected chi connectivity index (χ0v) is 16.6. The van der Waals surface area contributed by atoms with Crippen LogP contribution in [0.15, 0.2) is 60.7 Å². The van der Waals surface area contributed by atoms with Gasteiger partial charge in [-0.25, -0.2) is 9.07 Å². The number of anilines is 2. The normalized spacial score (nSPS) is 13.9. The number of aromatic nitrogens is 2. The van der Waals surface area contributed by atoms with Crippen LogP contribution in [0.1, 0.15) is 17.4 Å². The van der Waals surface area contributed by atoms with Crippen molar-refractivity contribution >= 4 is 23.3 Å². The lowest BCUT2D eigenvalue weighted by atomic mass is 10.2. The minimum atomic E-state index is -0.267. The van der Waals surface area contributed by atoms with E-state index >= 15 is 0 Å². The number of hydrogen-bond donors (Lipinski definition) is 1. The molecule has 2 aromatic carbocycles. The van der Waals surface area contributed by atoms with E-state index < -0.39 is 0 Å². The molecule has 0 aliphatic carbocycles. The van der Waals surface area contributed by atoms with E-state index in [2.05, 4.69) is 15.3 Å². The maximum absolute atomic E-state index is 13.1. The molecule has 8 heteroatoms. The van der Waals surface area contributed by atoms with Crippen molar-refractivity contribution in [1.29, 1.82) is 0 Å². The van der Waals surface area contributed by atoms with Gasteiger partial charge in [0.25, 0.3) is 5.91 Å². The van der Waals surface area contributed by atoms with Gasteiger partial charge in [0, 0.05) is 44.9 Å². The van der Waals surface area contributed by atoms with Gasteiger partial charge >= 0.3 is 0 Å². The number of nitrogens with zero attached hydrogens (tertiary/aromatic N) is 4. The number of carbonyl (C=O) groups excluding carboxylic acids is 2. The summed E-state index contributed by atoms with van der Waals surface area (Å²) in [4.78, 5) is 28.5. The Morgan fingerprint density at radius 2 is 1.60 bits per heavy atom. The summed E-state index contributed by atoms with van der Waals surface area (Å²) in [6.07, 6.45) is 0. The summed E-state index contributed by atoms with van der Waals surface area (Å²) in [6, 6.07) is 17.3. The van der Waals surface area contributed by atoms with Crippen molar-refractivity contribution < 1.29 is 14.0 Å². The molecule has 1 N–H and O–H groups in total. The Hall–Kier alpha value is -3.68. The van der Waals surface area contributed by atoms with Gasteiger partial charge in [-0.3, -0.25) is 9.59 Å². The summed E-state index contributed by atoms with van der Waals surface area (Å²) >= 11 is 0. The Labute approximate surface area is 173 Å². The molecule has 2 amide bonds. The van der Waals surface area contributed by atoms with Gasteiger partial charge in [-0.15, -0.1) is 0 Å². The first kappa shape index (κ1) is 19.6. The zero-order chi connectivity index (χ0) is 21.1. The predicted octanol–water partition coefficient (Wildman–Crippen LogP) is 2.93. The molecule has 0 saturated carbocycles. The van der Waals surface area contributed by atoms with Crippen LogP contribution < -0.4 is 10.2 Å². The van der Waals surface area contributed by atoms with Gasteiger partial charge in [0.1, 0.15) is 11.6 Å². The molecule has 0 bridgehead atoms. The standard InChI is InChI=1S/C22H22FN5O2/c1-16(29)24-21-15-20(25-28(21)19-5-3-2-4-6-19)22(30)27-13-11-26(12-14-27)18-9-7-17(23)8-10-18/h2-10,15H,11-14H2,1H3,(H,24,29). The molecule has 0 unspecified atom stereocenters. The van der Waals surface area contributed by atoms with Crippen LogP contribution in [0.25, 0.3) is 5.69 Å². The van der Waals surface area contributed by atoms with E-state index in [1.54, 1.807) is 27.8 Å². The molecule has 1 saturated heterocycles. The molecule has 3 aromatic rings. The van der Waals surface area contributed by atoms with Gasteiger partial charge in [-0.05, 0) is 36.4 Å². The average Bonchev–Trinajstić information content (AvgIpc) is 3.17. The highest BCUT2D eigenvalue weighted by Gasteiger charge is 2.25. The molecule has 2 heterocycles. The van der Waals surface area contributed by atoms with E-state index in [-0.39, 0.29) is 23.3 Å². The largest absolute Gasteiger partial charge is 0.368 e. The number of rotatable bonds is 4. The Bertz CT molecular complexity index is 1040. The van der Waals surface area contributed by atoms with Crippen molar-refractivity contribution in [3.63, 3.8) is 0 Å². The SMILES string of the molecule is CC(=O)Nc1cc(C(=O)N2CCN(c3ccc(F)cc3)CC2)nn1-c1ccccc1. The summed E-state index contributed by atoms with van der Waals surface area (Å²) < 4.78 is 14.7. The van der Waals surface area contributed by atoms with Crippen LogP contribution in [-0.4, -0.2) is 52.7 Å². The van der Waals surface area contributed by atoms with Crippen LogP contribution >= 0.6 is 0 Å². The fourth-order valence-corrected chi connectivity index (χ4v) is 3.50. The predicted molar refractivity (Wildman–Crippen MR) is 112 cm³/mol. The van der Waals surface area contributed by atoms with Crippen molar-refractivity contribution in [1.82, 2.24) is 14.7 Å². The van der Waals surface area contributed by atoms with Gasteiger partial charge in [-0.1, -0.05) is 18.2 Å². The molecule has 0 atom stereocenters. The van der Waals surface area contributed by atoms with Crippen LogP contribution in [0.2, 0.25) is 0 Å². The highest BCUT2D eigenvalue weighted by molar-refractivity contribution is 5.95. The fraction of sp³-hybridized carbons (Fsp3) is 0.227. The van der Waals surface area contributed by atoms with Crippen molar-refractivity contribution in [3.8, 4) is 5.69 Å². The number of benzene rings is 2. The lowest BCUT2D eigenvalue weighted by Gasteiger charge is -2.35. The number of para-hydroxylation sites is 1. The number of halogens is 1. The molecule has 30 heavy (non-hydrogen) atoms. The van der Waals surface area contributed by atoms with Gasteiger partial charge < -0.3 is 15.1 Å². The molecule has 1 aliphatic heterocycles. The van der Waals surface area contributed by atoms with Crippen molar-refractivity contribution in [3.05, 3.63) is 72.2 Å². The minimum absolute atomic E-state index is 0.185. The maximum Gasteiger partial charge on any atom is 0.274 e. The summed E-state index contributed by atoms with van der Waals surface area (Å²) in [7, 11) is 0. The molecule has 7 nitrogen and oxygen atoms in total. The van der Waals surface area contributed by atoms with E-state index in [1.165, 1.54) is 19.1 Å². The first-order valence-corrected chi connectivity index (χ1v) is 9.74. The Kier molecular flexibility index (Phi) is 5.47. The van der Waals surface area contributed by atoms with Crippen LogP contribution in [0.5, 0.6) is 0 Å². The maximum atomic E-state index is 13.1. The number of nitrogens with one attached hydrogen (secondary N) is 1. The number of hydrogen-bond acceptors (Lipinski definition) is 4. The Balaban J connectivity index is 1.50.